The van der Waals surface area contributed by atoms with Crippen molar-refractivity contribution in [2.75, 3.05) is 0 Å². The van der Waals surface area contributed by atoms with Gasteiger partial charge in [-0.15, -0.1) is 5.17 Å². The Bertz CT molecular complexity index is 343. The van der Waals surface area contributed by atoms with E-state index in [1.807, 2.05) is 32.3 Å². The summed E-state index contributed by atoms with van der Waals surface area (Å²) in [5.41, 5.74) is 3.42. The van der Waals surface area contributed by atoms with Gasteiger partial charge in [0.2, 0.25) is 6.41 Å². The summed E-state index contributed by atoms with van der Waals surface area (Å²) < 4.78 is 1.86. The summed E-state index contributed by atoms with van der Waals surface area (Å²) in [6.45, 7) is 7.97. The molecular formula is C10H18N4O2. The van der Waals surface area contributed by atoms with Crippen LogP contribution in [0.5, 0.6) is 0 Å². The zero-order valence-electron chi connectivity index (χ0n) is 10.1. The fourth-order valence-corrected chi connectivity index (χ4v) is 1.08. The Kier molecular flexibility index (Phi) is 4.03. The molecule has 1 heterocycles. The van der Waals surface area contributed by atoms with Crippen LogP contribution in [0.1, 0.15) is 26.5 Å². The van der Waals surface area contributed by atoms with Crippen LogP contribution in [0, 0.1) is 6.92 Å². The second kappa shape index (κ2) is 5.09. The number of aryl methyl sites for hydroxylation is 1. The maximum Gasteiger partial charge on any atom is 0.249 e. The molecule has 1 aromatic heterocycles. The summed E-state index contributed by atoms with van der Waals surface area (Å²) in [6.07, 6.45) is 4.03. The van der Waals surface area contributed by atoms with Crippen molar-refractivity contribution in [1.82, 2.24) is 20.1 Å². The quantitative estimate of drug-likeness (QED) is 0.597. The van der Waals surface area contributed by atoms with Crippen LogP contribution in [0.3, 0.4) is 0 Å². The fraction of sp³-hybridized carbons (Fsp3) is 0.600. The highest BCUT2D eigenvalue weighted by atomic mass is 16.7. The van der Waals surface area contributed by atoms with Crippen molar-refractivity contribution < 1.29 is 9.63 Å². The average molecular weight is 226 g/mol. The van der Waals surface area contributed by atoms with Crippen LogP contribution >= 0.6 is 0 Å². The fourth-order valence-electron chi connectivity index (χ4n) is 1.08. The van der Waals surface area contributed by atoms with E-state index in [1.54, 1.807) is 12.5 Å². The number of amides is 1. The van der Waals surface area contributed by atoms with Gasteiger partial charge < -0.3 is 4.57 Å². The molecule has 0 aliphatic heterocycles. The van der Waals surface area contributed by atoms with Crippen molar-refractivity contribution >= 4 is 6.41 Å². The van der Waals surface area contributed by atoms with Crippen LogP contribution in [-0.2, 0) is 16.3 Å². The number of imidazole rings is 1. The van der Waals surface area contributed by atoms with Crippen LogP contribution in [-0.4, -0.2) is 26.7 Å². The van der Waals surface area contributed by atoms with Crippen molar-refractivity contribution in [3.8, 4) is 0 Å². The lowest BCUT2D eigenvalue weighted by molar-refractivity contribution is -0.241. The molecule has 0 spiro atoms. The van der Waals surface area contributed by atoms with Gasteiger partial charge in [-0.05, 0) is 27.7 Å². The van der Waals surface area contributed by atoms with E-state index in [9.17, 15) is 4.79 Å². The molecule has 0 atom stereocenters. The molecule has 0 unspecified atom stereocenters. The Morgan fingerprint density at radius 3 is 2.75 bits per heavy atom. The van der Waals surface area contributed by atoms with E-state index in [0.717, 1.165) is 10.9 Å². The highest BCUT2D eigenvalue weighted by Crippen LogP contribution is 2.07. The number of carbonyl (C=O) groups is 1. The molecule has 0 saturated heterocycles. The van der Waals surface area contributed by atoms with Crippen molar-refractivity contribution in [3.63, 3.8) is 0 Å². The van der Waals surface area contributed by atoms with E-state index in [0.29, 0.717) is 13.1 Å². The lowest BCUT2D eigenvalue weighted by atomic mass is 10.2. The van der Waals surface area contributed by atoms with Gasteiger partial charge in [-0.1, -0.05) is 0 Å². The smallest absolute Gasteiger partial charge is 0.249 e. The first-order valence-corrected chi connectivity index (χ1v) is 5.06. The van der Waals surface area contributed by atoms with E-state index < -0.39 is 5.60 Å². The van der Waals surface area contributed by atoms with Crippen molar-refractivity contribution in [3.05, 3.63) is 18.2 Å². The van der Waals surface area contributed by atoms with Gasteiger partial charge in [0.25, 0.3) is 0 Å². The number of nitrogens with one attached hydrogen (secondary N) is 1. The van der Waals surface area contributed by atoms with Crippen LogP contribution in [0.25, 0.3) is 0 Å². The molecule has 0 bridgehead atoms. The number of hydrogen-bond donors (Lipinski definition) is 1. The van der Waals surface area contributed by atoms with E-state index in [2.05, 4.69) is 10.4 Å². The molecule has 0 aliphatic carbocycles. The third kappa shape index (κ3) is 4.00. The van der Waals surface area contributed by atoms with Crippen molar-refractivity contribution in [2.24, 2.45) is 0 Å². The zero-order valence-corrected chi connectivity index (χ0v) is 10.1. The molecule has 0 aromatic carbocycles. The molecule has 16 heavy (non-hydrogen) atoms. The molecular weight excluding hydrogens is 208 g/mol. The van der Waals surface area contributed by atoms with Gasteiger partial charge in [0.1, 0.15) is 0 Å². The molecule has 6 nitrogen and oxygen atoms in total. The lowest BCUT2D eigenvalue weighted by Crippen LogP contribution is -2.43. The van der Waals surface area contributed by atoms with E-state index in [4.69, 9.17) is 4.84 Å². The minimum Gasteiger partial charge on any atom is -0.320 e. The molecule has 0 aliphatic rings. The second-order valence-corrected chi connectivity index (χ2v) is 4.46. The number of rotatable bonds is 5. The van der Waals surface area contributed by atoms with Crippen LogP contribution < -0.4 is 5.43 Å². The van der Waals surface area contributed by atoms with Crippen molar-refractivity contribution in [1.29, 1.82) is 0 Å². The topological polar surface area (TPSA) is 59.4 Å². The zero-order chi connectivity index (χ0) is 12.2. The molecule has 0 radical (unpaired) electrons. The Morgan fingerprint density at radius 1 is 1.62 bits per heavy atom. The summed E-state index contributed by atoms with van der Waals surface area (Å²) in [5, 5.41) is 1.07. The molecule has 1 N–H and O–H groups in total. The molecule has 6 heteroatoms. The maximum atomic E-state index is 10.7. The summed E-state index contributed by atoms with van der Waals surface area (Å²) >= 11 is 0. The highest BCUT2D eigenvalue weighted by Gasteiger charge is 2.15. The highest BCUT2D eigenvalue weighted by molar-refractivity contribution is 5.44. The van der Waals surface area contributed by atoms with E-state index in [-0.39, 0.29) is 0 Å². The standard InChI is InChI=1S/C10H18N4O2/c1-9-5-11-6-13(9)7-12-14(8-15)16-10(2,3)4/h5-6,8,12H,7H2,1-4H3. The van der Waals surface area contributed by atoms with E-state index >= 15 is 0 Å². The average Bonchev–Trinajstić information content (AvgIpc) is 2.57. The Hall–Kier alpha value is -1.40. The summed E-state index contributed by atoms with van der Waals surface area (Å²) in [4.78, 5) is 20.1. The number of aromatic nitrogens is 2. The van der Waals surface area contributed by atoms with Gasteiger partial charge in [0.05, 0.1) is 18.6 Å². The molecule has 0 saturated carbocycles. The van der Waals surface area contributed by atoms with Gasteiger partial charge in [0, 0.05) is 11.9 Å². The van der Waals surface area contributed by atoms with Gasteiger partial charge in [0.15, 0.2) is 0 Å². The number of hydroxylamine groups is 1. The van der Waals surface area contributed by atoms with E-state index in [1.165, 1.54) is 0 Å². The van der Waals surface area contributed by atoms with Gasteiger partial charge in [-0.25, -0.2) is 9.82 Å². The maximum absolute atomic E-state index is 10.7. The molecule has 0 fully saturated rings. The van der Waals surface area contributed by atoms with Crippen molar-refractivity contribution in [2.45, 2.75) is 40.0 Å². The Balaban J connectivity index is 2.46. The summed E-state index contributed by atoms with van der Waals surface area (Å²) in [6, 6.07) is 0. The monoisotopic (exact) mass is 226 g/mol. The SMILES string of the molecule is Cc1cncn1CNN(C=O)OC(C)(C)C. The first-order valence-electron chi connectivity index (χ1n) is 5.06. The Morgan fingerprint density at radius 2 is 2.31 bits per heavy atom. The first kappa shape index (κ1) is 12.7. The third-order valence-electron chi connectivity index (χ3n) is 1.79. The van der Waals surface area contributed by atoms with Crippen LogP contribution in [0.15, 0.2) is 12.5 Å². The second-order valence-electron chi connectivity index (χ2n) is 4.46. The predicted molar refractivity (Wildman–Crippen MR) is 58.8 cm³/mol. The molecule has 1 rings (SSSR count). The van der Waals surface area contributed by atoms with Gasteiger partial charge >= 0.3 is 0 Å². The number of nitrogens with zero attached hydrogens (tertiary/aromatic N) is 3. The number of hydrogen-bond acceptors (Lipinski definition) is 4. The normalized spacial score (nSPS) is 11.5. The van der Waals surface area contributed by atoms with Gasteiger partial charge in [-0.2, -0.15) is 5.43 Å². The predicted octanol–water partition coefficient (Wildman–Crippen LogP) is 0.842. The summed E-state index contributed by atoms with van der Waals surface area (Å²) in [5.74, 6) is 0. The molecule has 90 valence electrons. The minimum atomic E-state index is -0.419. The first-order chi connectivity index (χ1) is 7.42. The largest absolute Gasteiger partial charge is 0.320 e. The molecule has 1 aromatic rings. The molecule has 1 amide bonds. The van der Waals surface area contributed by atoms with Crippen LogP contribution in [0.4, 0.5) is 0 Å². The Labute approximate surface area is 95.1 Å². The number of hydrazine groups is 1. The number of carbonyl (C=O) groups excluding carboxylic acids is 1. The lowest BCUT2D eigenvalue weighted by Gasteiger charge is -2.26. The summed E-state index contributed by atoms with van der Waals surface area (Å²) in [7, 11) is 0. The van der Waals surface area contributed by atoms with Gasteiger partial charge in [-0.3, -0.25) is 4.79 Å². The van der Waals surface area contributed by atoms with Crippen LogP contribution in [0.2, 0.25) is 0 Å². The minimum absolute atomic E-state index is 0.419. The third-order valence-corrected chi connectivity index (χ3v) is 1.79.